The lowest BCUT2D eigenvalue weighted by molar-refractivity contribution is 0.911. The molecule has 2 rings (SSSR count). The average molecular weight is 206 g/mol. The maximum atomic E-state index is 5.69. The van der Waals surface area contributed by atoms with Gasteiger partial charge in [-0.15, -0.1) is 0 Å². The van der Waals surface area contributed by atoms with Gasteiger partial charge in [-0.1, -0.05) is 12.1 Å². The summed E-state index contributed by atoms with van der Waals surface area (Å²) in [5.41, 5.74) is 9.35. The number of hydrogen-bond acceptors (Lipinski definition) is 2. The van der Waals surface area contributed by atoms with Crippen molar-refractivity contribution in [3.63, 3.8) is 0 Å². The molecule has 0 bridgehead atoms. The van der Waals surface area contributed by atoms with Crippen molar-refractivity contribution >= 4 is 23.5 Å². The number of benzene rings is 1. The van der Waals surface area contributed by atoms with Crippen molar-refractivity contribution in [1.82, 2.24) is 4.57 Å². The molecule has 0 saturated carbocycles. The van der Waals surface area contributed by atoms with E-state index in [1.165, 1.54) is 22.2 Å². The number of nitrogens with two attached hydrogens (primary N) is 1. The SMILES string of the molecule is Cn1c(CS)cc2c(CN)cccc21. The zero-order valence-corrected chi connectivity index (χ0v) is 9.09. The van der Waals surface area contributed by atoms with Gasteiger partial charge < -0.3 is 10.3 Å². The monoisotopic (exact) mass is 206 g/mol. The molecule has 74 valence electrons. The van der Waals surface area contributed by atoms with E-state index in [1.807, 2.05) is 6.07 Å². The quantitative estimate of drug-likeness (QED) is 0.724. The molecule has 0 saturated heterocycles. The molecule has 0 aliphatic rings. The van der Waals surface area contributed by atoms with Crippen LogP contribution < -0.4 is 5.73 Å². The molecular weight excluding hydrogens is 192 g/mol. The Bertz CT molecular complexity index is 460. The Labute approximate surface area is 89.1 Å². The molecule has 0 atom stereocenters. The van der Waals surface area contributed by atoms with Gasteiger partial charge in [-0.05, 0) is 17.7 Å². The largest absolute Gasteiger partial charge is 0.347 e. The minimum absolute atomic E-state index is 0.591. The third kappa shape index (κ3) is 1.33. The summed E-state index contributed by atoms with van der Waals surface area (Å²) in [6, 6.07) is 8.41. The zero-order chi connectivity index (χ0) is 10.1. The Hall–Kier alpha value is -0.930. The Kier molecular flexibility index (Phi) is 2.52. The van der Waals surface area contributed by atoms with E-state index in [0.29, 0.717) is 6.54 Å². The van der Waals surface area contributed by atoms with Gasteiger partial charge >= 0.3 is 0 Å². The van der Waals surface area contributed by atoms with E-state index in [1.54, 1.807) is 0 Å². The van der Waals surface area contributed by atoms with Crippen LogP contribution in [0, 0.1) is 0 Å². The summed E-state index contributed by atoms with van der Waals surface area (Å²) >= 11 is 4.30. The van der Waals surface area contributed by atoms with E-state index in [9.17, 15) is 0 Å². The van der Waals surface area contributed by atoms with Gasteiger partial charge in [0.1, 0.15) is 0 Å². The molecule has 14 heavy (non-hydrogen) atoms. The highest BCUT2D eigenvalue weighted by Gasteiger charge is 2.06. The third-order valence-electron chi connectivity index (χ3n) is 2.66. The van der Waals surface area contributed by atoms with Gasteiger partial charge in [-0.2, -0.15) is 12.6 Å². The molecule has 0 amide bonds. The van der Waals surface area contributed by atoms with Crippen molar-refractivity contribution < 1.29 is 0 Å². The Balaban J connectivity index is 2.77. The number of aromatic nitrogens is 1. The lowest BCUT2D eigenvalue weighted by Crippen LogP contribution is -1.96. The number of nitrogens with zero attached hydrogens (tertiary/aromatic N) is 1. The van der Waals surface area contributed by atoms with Crippen LogP contribution in [-0.2, 0) is 19.3 Å². The highest BCUT2D eigenvalue weighted by molar-refractivity contribution is 7.79. The van der Waals surface area contributed by atoms with Gasteiger partial charge in [0.05, 0.1) is 0 Å². The maximum absolute atomic E-state index is 5.69. The van der Waals surface area contributed by atoms with Gasteiger partial charge in [0.25, 0.3) is 0 Å². The molecule has 0 unspecified atom stereocenters. The summed E-state index contributed by atoms with van der Waals surface area (Å²) in [4.78, 5) is 0. The molecule has 0 spiro atoms. The first-order valence-corrected chi connectivity index (χ1v) is 5.28. The smallest absolute Gasteiger partial charge is 0.0483 e. The van der Waals surface area contributed by atoms with E-state index < -0.39 is 0 Å². The molecule has 3 heteroatoms. The molecule has 0 aliphatic carbocycles. The number of rotatable bonds is 2. The highest BCUT2D eigenvalue weighted by Crippen LogP contribution is 2.23. The summed E-state index contributed by atoms with van der Waals surface area (Å²) in [6.45, 7) is 0.591. The predicted molar refractivity (Wildman–Crippen MR) is 63.5 cm³/mol. The molecule has 1 aromatic carbocycles. The molecule has 1 aromatic heterocycles. The maximum Gasteiger partial charge on any atom is 0.0483 e. The standard InChI is InChI=1S/C11H14N2S/c1-13-9(7-14)5-10-8(6-12)3-2-4-11(10)13/h2-5,14H,6-7,12H2,1H3. The van der Waals surface area contributed by atoms with Crippen LogP contribution in [0.3, 0.4) is 0 Å². The molecule has 2 aromatic rings. The first kappa shape index (κ1) is 9.62. The Morgan fingerprint density at radius 2 is 2.21 bits per heavy atom. The fourth-order valence-corrected chi connectivity index (χ4v) is 2.11. The normalized spacial score (nSPS) is 11.1. The Morgan fingerprint density at radius 1 is 1.43 bits per heavy atom. The van der Waals surface area contributed by atoms with Gasteiger partial charge in [-0.25, -0.2) is 0 Å². The van der Waals surface area contributed by atoms with Gasteiger partial charge in [-0.3, -0.25) is 0 Å². The number of thiol groups is 1. The second-order valence-electron chi connectivity index (χ2n) is 3.41. The van der Waals surface area contributed by atoms with Gasteiger partial charge in [0.15, 0.2) is 0 Å². The second kappa shape index (κ2) is 3.67. The fourth-order valence-electron chi connectivity index (χ4n) is 1.81. The summed E-state index contributed by atoms with van der Waals surface area (Å²) in [7, 11) is 2.06. The van der Waals surface area contributed by atoms with Crippen LogP contribution >= 0.6 is 12.6 Å². The minimum Gasteiger partial charge on any atom is -0.347 e. The van der Waals surface area contributed by atoms with Crippen molar-refractivity contribution in [2.24, 2.45) is 12.8 Å². The van der Waals surface area contributed by atoms with Crippen LogP contribution in [0.15, 0.2) is 24.3 Å². The highest BCUT2D eigenvalue weighted by atomic mass is 32.1. The molecule has 1 heterocycles. The van der Waals surface area contributed by atoms with E-state index in [-0.39, 0.29) is 0 Å². The van der Waals surface area contributed by atoms with Crippen molar-refractivity contribution in [1.29, 1.82) is 0 Å². The number of fused-ring (bicyclic) bond motifs is 1. The topological polar surface area (TPSA) is 30.9 Å². The van der Waals surface area contributed by atoms with Crippen LogP contribution in [0.1, 0.15) is 11.3 Å². The van der Waals surface area contributed by atoms with E-state index in [0.717, 1.165) is 5.75 Å². The van der Waals surface area contributed by atoms with Crippen LogP contribution in [0.5, 0.6) is 0 Å². The predicted octanol–water partition coefficient (Wildman–Crippen LogP) is 2.07. The summed E-state index contributed by atoms with van der Waals surface area (Å²) in [5.74, 6) is 0.759. The summed E-state index contributed by atoms with van der Waals surface area (Å²) in [5, 5.41) is 1.25. The van der Waals surface area contributed by atoms with Crippen LogP contribution in [0.4, 0.5) is 0 Å². The van der Waals surface area contributed by atoms with E-state index in [4.69, 9.17) is 5.73 Å². The van der Waals surface area contributed by atoms with Gasteiger partial charge in [0, 0.05) is 35.9 Å². The lowest BCUT2D eigenvalue weighted by atomic mass is 10.1. The number of aryl methyl sites for hydroxylation is 1. The second-order valence-corrected chi connectivity index (χ2v) is 3.72. The molecule has 2 nitrogen and oxygen atoms in total. The van der Waals surface area contributed by atoms with Crippen molar-refractivity contribution in [2.75, 3.05) is 0 Å². The van der Waals surface area contributed by atoms with Crippen molar-refractivity contribution in [3.05, 3.63) is 35.5 Å². The molecule has 0 fully saturated rings. The minimum atomic E-state index is 0.591. The van der Waals surface area contributed by atoms with Crippen molar-refractivity contribution in [3.8, 4) is 0 Å². The zero-order valence-electron chi connectivity index (χ0n) is 8.20. The van der Waals surface area contributed by atoms with Crippen LogP contribution in [-0.4, -0.2) is 4.57 Å². The first-order valence-electron chi connectivity index (χ1n) is 4.65. The molecule has 0 aliphatic heterocycles. The van der Waals surface area contributed by atoms with Crippen LogP contribution in [0.25, 0.3) is 10.9 Å². The van der Waals surface area contributed by atoms with Gasteiger partial charge in [0.2, 0.25) is 0 Å². The van der Waals surface area contributed by atoms with Crippen LogP contribution in [0.2, 0.25) is 0 Å². The van der Waals surface area contributed by atoms with E-state index >= 15 is 0 Å². The van der Waals surface area contributed by atoms with Crippen molar-refractivity contribution in [2.45, 2.75) is 12.3 Å². The molecular formula is C11H14N2S. The third-order valence-corrected chi connectivity index (χ3v) is 2.98. The fraction of sp³-hybridized carbons (Fsp3) is 0.273. The molecule has 0 radical (unpaired) electrons. The Morgan fingerprint density at radius 3 is 2.86 bits per heavy atom. The van der Waals surface area contributed by atoms with E-state index in [2.05, 4.69) is 42.4 Å². The summed E-state index contributed by atoms with van der Waals surface area (Å²) in [6.07, 6.45) is 0. The lowest BCUT2D eigenvalue weighted by Gasteiger charge is -2.01. The molecule has 2 N–H and O–H groups in total. The summed E-state index contributed by atoms with van der Waals surface area (Å²) < 4.78 is 2.17. The first-order chi connectivity index (χ1) is 6.77. The number of hydrogen-bond donors (Lipinski definition) is 2. The average Bonchev–Trinajstić information content (AvgIpc) is 2.55.